The van der Waals surface area contributed by atoms with Crippen molar-refractivity contribution in [3.05, 3.63) is 58.7 Å². The van der Waals surface area contributed by atoms with Crippen molar-refractivity contribution >= 4 is 23.7 Å². The van der Waals surface area contributed by atoms with Gasteiger partial charge in [0, 0.05) is 11.3 Å². The molecule has 2 aromatic rings. The quantitative estimate of drug-likeness (QED) is 0.567. The molecular formula is C21H24O5S. The molecule has 0 saturated carbocycles. The molecule has 0 fully saturated rings. The second-order valence-corrected chi connectivity index (χ2v) is 7.99. The molecule has 6 heteroatoms. The number of hydrogen-bond donors (Lipinski definition) is 1. The monoisotopic (exact) mass is 388 g/mol. The maximum Gasteiger partial charge on any atom is 0.343 e. The van der Waals surface area contributed by atoms with Gasteiger partial charge in [0.15, 0.2) is 11.5 Å². The lowest BCUT2D eigenvalue weighted by molar-refractivity contribution is 0.0696. The van der Waals surface area contributed by atoms with Crippen LogP contribution in [0.15, 0.2) is 36.4 Å². The number of rotatable bonds is 6. The van der Waals surface area contributed by atoms with E-state index in [1.165, 1.54) is 31.0 Å². The number of carbonyl (C=O) groups is 2. The molecule has 0 atom stereocenters. The standard InChI is InChI=1S/C21H24O5S/c1-21(2,3)16-8-6-13(7-9-16)20(24)26-18-15(12-27-5)10-14(19(22)23)11-17(18)25-4/h6-11H,12H2,1-5H3,(H,22,23). The molecule has 0 aliphatic heterocycles. The van der Waals surface area contributed by atoms with Crippen molar-refractivity contribution < 1.29 is 24.2 Å². The van der Waals surface area contributed by atoms with Gasteiger partial charge < -0.3 is 14.6 Å². The predicted octanol–water partition coefficient (Wildman–Crippen LogP) is 4.77. The van der Waals surface area contributed by atoms with Gasteiger partial charge in [-0.25, -0.2) is 9.59 Å². The molecule has 0 aliphatic rings. The number of benzene rings is 2. The fourth-order valence-electron chi connectivity index (χ4n) is 2.57. The van der Waals surface area contributed by atoms with Gasteiger partial charge in [0.2, 0.25) is 0 Å². The van der Waals surface area contributed by atoms with Crippen molar-refractivity contribution in [3.8, 4) is 11.5 Å². The van der Waals surface area contributed by atoms with Crippen LogP contribution in [-0.2, 0) is 11.2 Å². The molecule has 2 rings (SSSR count). The maximum absolute atomic E-state index is 12.6. The zero-order chi connectivity index (χ0) is 20.2. The van der Waals surface area contributed by atoms with E-state index in [9.17, 15) is 14.7 Å². The number of carboxylic acids is 1. The summed E-state index contributed by atoms with van der Waals surface area (Å²) in [5.74, 6) is -0.617. The first-order valence-electron chi connectivity index (χ1n) is 8.43. The van der Waals surface area contributed by atoms with Gasteiger partial charge >= 0.3 is 11.9 Å². The number of ether oxygens (including phenoxy) is 2. The van der Waals surface area contributed by atoms with Gasteiger partial charge in [-0.05, 0) is 41.5 Å². The molecule has 0 unspecified atom stereocenters. The van der Waals surface area contributed by atoms with Crippen molar-refractivity contribution in [1.29, 1.82) is 0 Å². The molecule has 0 spiro atoms. The first kappa shape index (κ1) is 20.8. The van der Waals surface area contributed by atoms with E-state index in [-0.39, 0.29) is 22.5 Å². The Morgan fingerprint density at radius 3 is 2.19 bits per heavy atom. The van der Waals surface area contributed by atoms with Crippen molar-refractivity contribution in [2.75, 3.05) is 13.4 Å². The zero-order valence-corrected chi connectivity index (χ0v) is 17.0. The van der Waals surface area contributed by atoms with Crippen LogP contribution < -0.4 is 9.47 Å². The molecule has 5 nitrogen and oxygen atoms in total. The van der Waals surface area contributed by atoms with E-state index in [1.807, 2.05) is 18.4 Å². The number of hydrogen-bond acceptors (Lipinski definition) is 5. The Labute approximate surface area is 163 Å². The number of thioether (sulfide) groups is 1. The number of methoxy groups -OCH3 is 1. The highest BCUT2D eigenvalue weighted by molar-refractivity contribution is 7.97. The van der Waals surface area contributed by atoms with Gasteiger partial charge in [0.05, 0.1) is 18.2 Å². The Kier molecular flexibility index (Phi) is 6.54. The van der Waals surface area contributed by atoms with Crippen LogP contribution in [-0.4, -0.2) is 30.4 Å². The number of esters is 1. The summed E-state index contributed by atoms with van der Waals surface area (Å²) < 4.78 is 10.9. The molecule has 0 amide bonds. The maximum atomic E-state index is 12.6. The van der Waals surface area contributed by atoms with Crippen LogP contribution >= 0.6 is 11.8 Å². The second-order valence-electron chi connectivity index (χ2n) is 7.12. The van der Waals surface area contributed by atoms with Crippen molar-refractivity contribution in [3.63, 3.8) is 0 Å². The first-order chi connectivity index (χ1) is 12.7. The third-order valence-electron chi connectivity index (χ3n) is 4.08. The van der Waals surface area contributed by atoms with Gasteiger partial charge in [-0.3, -0.25) is 0 Å². The molecule has 1 N–H and O–H groups in total. The summed E-state index contributed by atoms with van der Waals surface area (Å²) in [5.41, 5.74) is 2.21. The summed E-state index contributed by atoms with van der Waals surface area (Å²) in [6.45, 7) is 6.30. The summed E-state index contributed by atoms with van der Waals surface area (Å²) in [6, 6.07) is 10.1. The molecular weight excluding hydrogens is 364 g/mol. The molecule has 27 heavy (non-hydrogen) atoms. The Hall–Kier alpha value is -2.47. The smallest absolute Gasteiger partial charge is 0.343 e. The molecule has 2 aromatic carbocycles. The molecule has 0 aromatic heterocycles. The van der Waals surface area contributed by atoms with Crippen LogP contribution in [0.1, 0.15) is 52.6 Å². The van der Waals surface area contributed by atoms with Crippen LogP contribution in [0.3, 0.4) is 0 Å². The third-order valence-corrected chi connectivity index (χ3v) is 4.68. The SMILES string of the molecule is COc1cc(C(=O)O)cc(CSC)c1OC(=O)c1ccc(C(C)(C)C)cc1. The number of carboxylic acid groups (broad SMARTS) is 1. The summed E-state index contributed by atoms with van der Waals surface area (Å²) in [7, 11) is 1.42. The zero-order valence-electron chi connectivity index (χ0n) is 16.2. The van der Waals surface area contributed by atoms with Gasteiger partial charge in [-0.2, -0.15) is 11.8 Å². The Bertz CT molecular complexity index is 835. The van der Waals surface area contributed by atoms with Crippen LogP contribution in [0.5, 0.6) is 11.5 Å². The van der Waals surface area contributed by atoms with Crippen LogP contribution in [0, 0.1) is 0 Å². The normalized spacial score (nSPS) is 11.1. The summed E-state index contributed by atoms with van der Waals surface area (Å²) in [5, 5.41) is 9.27. The van der Waals surface area contributed by atoms with Gasteiger partial charge in [0.1, 0.15) is 0 Å². The summed E-state index contributed by atoms with van der Waals surface area (Å²) in [6.07, 6.45) is 1.89. The minimum absolute atomic E-state index is 0.0101. The van der Waals surface area contributed by atoms with E-state index >= 15 is 0 Å². The number of aromatic carboxylic acids is 1. The van der Waals surface area contributed by atoms with E-state index in [4.69, 9.17) is 9.47 Å². The van der Waals surface area contributed by atoms with Crippen molar-refractivity contribution in [1.82, 2.24) is 0 Å². The summed E-state index contributed by atoms with van der Waals surface area (Å²) >= 11 is 1.50. The van der Waals surface area contributed by atoms with Gasteiger partial charge in [0.25, 0.3) is 0 Å². The summed E-state index contributed by atoms with van der Waals surface area (Å²) in [4.78, 5) is 23.9. The molecule has 0 bridgehead atoms. The fourth-order valence-corrected chi connectivity index (χ4v) is 3.10. The van der Waals surface area contributed by atoms with Crippen LogP contribution in [0.4, 0.5) is 0 Å². The highest BCUT2D eigenvalue weighted by atomic mass is 32.2. The van der Waals surface area contributed by atoms with Crippen LogP contribution in [0.25, 0.3) is 0 Å². The molecule has 0 radical (unpaired) electrons. The van der Waals surface area contributed by atoms with E-state index in [0.29, 0.717) is 16.9 Å². The molecule has 0 aliphatic carbocycles. The van der Waals surface area contributed by atoms with E-state index in [2.05, 4.69) is 20.8 Å². The largest absolute Gasteiger partial charge is 0.493 e. The van der Waals surface area contributed by atoms with Crippen molar-refractivity contribution in [2.45, 2.75) is 31.9 Å². The van der Waals surface area contributed by atoms with E-state index in [0.717, 1.165) is 5.56 Å². The Balaban J connectivity index is 2.37. The van der Waals surface area contributed by atoms with Crippen molar-refractivity contribution in [2.24, 2.45) is 0 Å². The molecule has 0 saturated heterocycles. The predicted molar refractivity (Wildman–Crippen MR) is 107 cm³/mol. The highest BCUT2D eigenvalue weighted by Crippen LogP contribution is 2.35. The second kappa shape index (κ2) is 8.48. The van der Waals surface area contributed by atoms with Gasteiger partial charge in [-0.1, -0.05) is 32.9 Å². The first-order valence-corrected chi connectivity index (χ1v) is 9.82. The Morgan fingerprint density at radius 1 is 1.07 bits per heavy atom. The number of carbonyl (C=O) groups excluding carboxylic acids is 1. The average Bonchev–Trinajstić information content (AvgIpc) is 2.62. The van der Waals surface area contributed by atoms with Crippen LogP contribution in [0.2, 0.25) is 0 Å². The third kappa shape index (κ3) is 5.04. The van der Waals surface area contributed by atoms with E-state index < -0.39 is 11.9 Å². The highest BCUT2D eigenvalue weighted by Gasteiger charge is 2.20. The molecule has 0 heterocycles. The lowest BCUT2D eigenvalue weighted by Crippen LogP contribution is -2.14. The molecule has 144 valence electrons. The average molecular weight is 388 g/mol. The Morgan fingerprint density at radius 2 is 1.70 bits per heavy atom. The topological polar surface area (TPSA) is 72.8 Å². The lowest BCUT2D eigenvalue weighted by Gasteiger charge is -2.19. The lowest BCUT2D eigenvalue weighted by atomic mass is 9.87. The van der Waals surface area contributed by atoms with Gasteiger partial charge in [-0.15, -0.1) is 0 Å². The minimum Gasteiger partial charge on any atom is -0.493 e. The minimum atomic E-state index is -1.06. The van der Waals surface area contributed by atoms with E-state index in [1.54, 1.807) is 12.1 Å². The fraction of sp³-hybridized carbons (Fsp3) is 0.333.